The lowest BCUT2D eigenvalue weighted by Gasteiger charge is -2.11. The Morgan fingerprint density at radius 1 is 1.28 bits per heavy atom. The highest BCUT2D eigenvalue weighted by atomic mass is 32.2. The minimum atomic E-state index is 0.705. The first-order valence-electron chi connectivity index (χ1n) is 6.31. The highest BCUT2D eigenvalue weighted by Gasteiger charge is 2.05. The molecular weight excluding hydrogens is 246 g/mol. The molecule has 0 saturated carbocycles. The molecule has 0 N–H and O–H groups in total. The highest BCUT2D eigenvalue weighted by Crippen LogP contribution is 2.20. The van der Waals surface area contributed by atoms with Gasteiger partial charge in [-0.1, -0.05) is 6.07 Å². The first kappa shape index (κ1) is 13.3. The van der Waals surface area contributed by atoms with Crippen molar-refractivity contribution in [3.63, 3.8) is 0 Å². The van der Waals surface area contributed by atoms with Crippen molar-refractivity contribution in [1.29, 1.82) is 0 Å². The van der Waals surface area contributed by atoms with Gasteiger partial charge in [-0.15, -0.1) is 11.8 Å². The van der Waals surface area contributed by atoms with Gasteiger partial charge >= 0.3 is 0 Å². The zero-order chi connectivity index (χ0) is 12.6. The van der Waals surface area contributed by atoms with Crippen LogP contribution in [-0.4, -0.2) is 31.1 Å². The molecule has 0 fully saturated rings. The Morgan fingerprint density at radius 2 is 2.17 bits per heavy atom. The zero-order valence-corrected chi connectivity index (χ0v) is 11.5. The van der Waals surface area contributed by atoms with Crippen LogP contribution in [0.2, 0.25) is 0 Å². The summed E-state index contributed by atoms with van der Waals surface area (Å²) in [6.07, 6.45) is 3.66. The van der Waals surface area contributed by atoms with Crippen LogP contribution in [0.1, 0.15) is 19.3 Å². The number of aliphatic imine (C=N–C) groups is 1. The van der Waals surface area contributed by atoms with Crippen LogP contribution in [0.5, 0.6) is 11.5 Å². The molecule has 4 heteroatoms. The predicted molar refractivity (Wildman–Crippen MR) is 77.1 cm³/mol. The van der Waals surface area contributed by atoms with Crippen LogP contribution in [0.15, 0.2) is 29.3 Å². The average molecular weight is 265 g/mol. The van der Waals surface area contributed by atoms with Gasteiger partial charge in [-0.2, -0.15) is 0 Å². The van der Waals surface area contributed by atoms with Gasteiger partial charge in [0.25, 0.3) is 0 Å². The van der Waals surface area contributed by atoms with Crippen molar-refractivity contribution < 1.29 is 9.47 Å². The number of hydrogen-bond acceptors (Lipinski definition) is 4. The van der Waals surface area contributed by atoms with E-state index in [0.29, 0.717) is 6.61 Å². The van der Waals surface area contributed by atoms with E-state index in [4.69, 9.17) is 9.47 Å². The number of methoxy groups -OCH3 is 1. The van der Waals surface area contributed by atoms with E-state index in [1.807, 2.05) is 36.0 Å². The van der Waals surface area contributed by atoms with Gasteiger partial charge in [0.15, 0.2) is 0 Å². The molecule has 1 aliphatic rings. The molecule has 1 aliphatic heterocycles. The van der Waals surface area contributed by atoms with Gasteiger partial charge in [0.05, 0.1) is 18.8 Å². The molecule has 0 aliphatic carbocycles. The number of thioether (sulfide) groups is 1. The second kappa shape index (κ2) is 7.31. The van der Waals surface area contributed by atoms with E-state index in [0.717, 1.165) is 30.2 Å². The summed E-state index contributed by atoms with van der Waals surface area (Å²) in [4.78, 5) is 4.51. The number of hydrogen-bond donors (Lipinski definition) is 0. The van der Waals surface area contributed by atoms with Crippen molar-refractivity contribution in [3.05, 3.63) is 24.3 Å². The maximum Gasteiger partial charge on any atom is 0.123 e. The quantitative estimate of drug-likeness (QED) is 0.765. The summed E-state index contributed by atoms with van der Waals surface area (Å²) in [6, 6.07) is 7.71. The highest BCUT2D eigenvalue weighted by molar-refractivity contribution is 8.13. The molecule has 0 saturated heterocycles. The third-order valence-electron chi connectivity index (χ3n) is 2.75. The molecule has 0 bridgehead atoms. The maximum absolute atomic E-state index is 5.68. The Hall–Kier alpha value is -1.16. The number of rotatable bonds is 5. The molecule has 98 valence electrons. The fourth-order valence-corrected chi connectivity index (χ4v) is 2.67. The molecule has 0 atom stereocenters. The third kappa shape index (κ3) is 4.26. The lowest BCUT2D eigenvalue weighted by molar-refractivity contribution is 0.340. The van der Waals surface area contributed by atoms with Crippen molar-refractivity contribution in [2.45, 2.75) is 19.3 Å². The summed E-state index contributed by atoms with van der Waals surface area (Å²) < 4.78 is 10.8. The van der Waals surface area contributed by atoms with Gasteiger partial charge < -0.3 is 9.47 Å². The minimum Gasteiger partial charge on any atom is -0.497 e. The fourth-order valence-electron chi connectivity index (χ4n) is 1.80. The van der Waals surface area contributed by atoms with Crippen LogP contribution in [0, 0.1) is 0 Å². The fraction of sp³-hybridized carbons (Fsp3) is 0.500. The summed E-state index contributed by atoms with van der Waals surface area (Å²) in [5.74, 6) is 2.65. The third-order valence-corrected chi connectivity index (χ3v) is 3.79. The summed E-state index contributed by atoms with van der Waals surface area (Å²) in [7, 11) is 1.66. The first-order valence-corrected chi connectivity index (χ1v) is 7.30. The van der Waals surface area contributed by atoms with E-state index in [2.05, 4.69) is 4.99 Å². The molecule has 1 aromatic rings. The van der Waals surface area contributed by atoms with Crippen LogP contribution >= 0.6 is 11.8 Å². The molecule has 1 heterocycles. The summed E-state index contributed by atoms with van der Waals surface area (Å²) >= 11 is 1.82. The smallest absolute Gasteiger partial charge is 0.123 e. The van der Waals surface area contributed by atoms with Gasteiger partial charge in [0, 0.05) is 18.4 Å². The van der Waals surface area contributed by atoms with Gasteiger partial charge in [0.2, 0.25) is 0 Å². The van der Waals surface area contributed by atoms with Gasteiger partial charge in [0.1, 0.15) is 11.5 Å². The van der Waals surface area contributed by atoms with Crippen LogP contribution in [0.25, 0.3) is 0 Å². The van der Waals surface area contributed by atoms with Crippen molar-refractivity contribution in [2.75, 3.05) is 26.0 Å². The zero-order valence-electron chi connectivity index (χ0n) is 10.7. The Kier molecular flexibility index (Phi) is 5.39. The van der Waals surface area contributed by atoms with E-state index < -0.39 is 0 Å². The molecular formula is C14H19NO2S. The first-order chi connectivity index (χ1) is 8.88. The van der Waals surface area contributed by atoms with Crippen LogP contribution in [0.3, 0.4) is 0 Å². The second-order valence-electron chi connectivity index (χ2n) is 4.11. The van der Waals surface area contributed by atoms with Crippen LogP contribution in [0.4, 0.5) is 0 Å². The molecule has 18 heavy (non-hydrogen) atoms. The standard InChI is InChI=1S/C14H19NO2S/c1-16-12-5-4-6-13(11-12)17-9-10-18-14-7-2-3-8-15-14/h4-6,11H,2-3,7-10H2,1H3. The Morgan fingerprint density at radius 3 is 2.94 bits per heavy atom. The number of benzene rings is 1. The predicted octanol–water partition coefficient (Wildman–Crippen LogP) is 3.39. The van der Waals surface area contributed by atoms with Crippen molar-refractivity contribution in [2.24, 2.45) is 4.99 Å². The van der Waals surface area contributed by atoms with Crippen LogP contribution < -0.4 is 9.47 Å². The second-order valence-corrected chi connectivity index (χ2v) is 5.28. The topological polar surface area (TPSA) is 30.8 Å². The number of ether oxygens (including phenoxy) is 2. The van der Waals surface area contributed by atoms with E-state index in [9.17, 15) is 0 Å². The van der Waals surface area contributed by atoms with Crippen molar-refractivity contribution in [1.82, 2.24) is 0 Å². The number of nitrogens with zero attached hydrogens (tertiary/aromatic N) is 1. The monoisotopic (exact) mass is 265 g/mol. The summed E-state index contributed by atoms with van der Waals surface area (Å²) in [5, 5.41) is 1.29. The maximum atomic E-state index is 5.68. The lowest BCUT2D eigenvalue weighted by atomic mass is 10.2. The SMILES string of the molecule is COc1cccc(OCCSC2=NCCCC2)c1. The molecule has 0 amide bonds. The summed E-state index contributed by atoms with van der Waals surface area (Å²) in [5.41, 5.74) is 0. The Bertz CT molecular complexity index is 407. The molecule has 3 nitrogen and oxygen atoms in total. The summed E-state index contributed by atoms with van der Waals surface area (Å²) in [6.45, 7) is 1.70. The van der Waals surface area contributed by atoms with Crippen molar-refractivity contribution in [3.8, 4) is 11.5 Å². The van der Waals surface area contributed by atoms with Crippen LogP contribution in [-0.2, 0) is 0 Å². The lowest BCUT2D eigenvalue weighted by Crippen LogP contribution is -2.06. The average Bonchev–Trinajstić information content (AvgIpc) is 2.45. The molecule has 0 spiro atoms. The molecule has 0 aromatic heterocycles. The molecule has 2 rings (SSSR count). The largest absolute Gasteiger partial charge is 0.497 e. The molecule has 0 radical (unpaired) electrons. The Balaban J connectivity index is 1.69. The van der Waals surface area contributed by atoms with Gasteiger partial charge in [-0.25, -0.2) is 0 Å². The Labute approximate surface area is 113 Å². The molecule has 0 unspecified atom stereocenters. The minimum absolute atomic E-state index is 0.705. The van der Waals surface area contributed by atoms with E-state index in [1.54, 1.807) is 7.11 Å². The van der Waals surface area contributed by atoms with Crippen molar-refractivity contribution >= 4 is 16.8 Å². The van der Waals surface area contributed by atoms with Gasteiger partial charge in [-0.3, -0.25) is 4.99 Å². The van der Waals surface area contributed by atoms with E-state index >= 15 is 0 Å². The normalized spacial score (nSPS) is 15.1. The molecule has 1 aromatic carbocycles. The van der Waals surface area contributed by atoms with E-state index in [1.165, 1.54) is 17.9 Å². The van der Waals surface area contributed by atoms with Gasteiger partial charge in [-0.05, 0) is 31.4 Å². The van der Waals surface area contributed by atoms with E-state index in [-0.39, 0.29) is 0 Å².